The lowest BCUT2D eigenvalue weighted by Crippen LogP contribution is -2.43. The lowest BCUT2D eigenvalue weighted by molar-refractivity contribution is -0.144. The summed E-state index contributed by atoms with van der Waals surface area (Å²) in [6, 6.07) is 4.70. The molecule has 1 aromatic rings. The number of carbonyl (C=O) groups excluding carboxylic acids is 2. The average Bonchev–Trinajstić information content (AvgIpc) is 3.07. The molecule has 10 heteroatoms. The Balaban J connectivity index is 0.00000364. The summed E-state index contributed by atoms with van der Waals surface area (Å²) in [4.78, 5) is 25.9. The van der Waals surface area contributed by atoms with Gasteiger partial charge in [0, 0.05) is 13.1 Å². The van der Waals surface area contributed by atoms with E-state index in [1.807, 2.05) is 0 Å². The predicted molar refractivity (Wildman–Crippen MR) is 96.5 cm³/mol. The normalized spacial score (nSPS) is 19.3. The number of hydrogen-bond acceptors (Lipinski definition) is 4. The average molecular weight is 410 g/mol. The first-order chi connectivity index (χ1) is 12.3. The van der Waals surface area contributed by atoms with Crippen LogP contribution in [0.5, 0.6) is 0 Å². The zero-order chi connectivity index (χ0) is 19.3. The van der Waals surface area contributed by atoms with Crippen molar-refractivity contribution in [2.45, 2.75) is 38.1 Å². The highest BCUT2D eigenvalue weighted by Crippen LogP contribution is 2.34. The number of amides is 2. The largest absolute Gasteiger partial charge is 0.418 e. The number of carbonyl (C=O) groups is 2. The molecule has 6 nitrogen and oxygen atoms in total. The van der Waals surface area contributed by atoms with E-state index in [-0.39, 0.29) is 43.2 Å². The van der Waals surface area contributed by atoms with Crippen molar-refractivity contribution < 1.29 is 27.5 Å². The van der Waals surface area contributed by atoms with Crippen LogP contribution in [0.25, 0.3) is 0 Å². The second kappa shape index (κ2) is 9.91. The fraction of sp³-hybridized carbons (Fsp3) is 0.529. The molecule has 1 heterocycles. The number of para-hydroxylation sites is 1. The number of nitrogens with two attached hydrogens (primary N) is 1. The van der Waals surface area contributed by atoms with Crippen LogP contribution in [0.3, 0.4) is 0 Å². The van der Waals surface area contributed by atoms with Crippen molar-refractivity contribution in [3.05, 3.63) is 29.8 Å². The molecule has 1 fully saturated rings. The van der Waals surface area contributed by atoms with E-state index in [1.165, 1.54) is 23.1 Å². The number of ether oxygens (including phenoxy) is 1. The van der Waals surface area contributed by atoms with Crippen LogP contribution in [-0.2, 0) is 20.5 Å². The molecule has 0 saturated carbocycles. The lowest BCUT2D eigenvalue weighted by atomic mass is 10.1. The molecule has 2 amide bonds. The minimum absolute atomic E-state index is 0. The van der Waals surface area contributed by atoms with Crippen molar-refractivity contribution in [3.63, 3.8) is 0 Å². The number of nitrogens with zero attached hydrogens (tertiary/aromatic N) is 1. The van der Waals surface area contributed by atoms with Gasteiger partial charge in [-0.15, -0.1) is 12.4 Å². The van der Waals surface area contributed by atoms with Gasteiger partial charge in [-0.1, -0.05) is 12.1 Å². The summed E-state index contributed by atoms with van der Waals surface area (Å²) in [5.41, 5.74) is 4.24. The van der Waals surface area contributed by atoms with Gasteiger partial charge in [-0.3, -0.25) is 9.59 Å². The summed E-state index contributed by atoms with van der Waals surface area (Å²) in [6.07, 6.45) is -4.27. The molecule has 0 spiro atoms. The van der Waals surface area contributed by atoms with Gasteiger partial charge in [0.25, 0.3) is 5.91 Å². The smallest absolute Gasteiger partial charge is 0.364 e. The number of benzene rings is 1. The van der Waals surface area contributed by atoms with E-state index in [0.29, 0.717) is 19.4 Å². The van der Waals surface area contributed by atoms with Crippen LogP contribution in [-0.4, -0.2) is 48.6 Å². The summed E-state index contributed by atoms with van der Waals surface area (Å²) in [6.45, 7) is 1.88. The first-order valence-corrected chi connectivity index (χ1v) is 8.36. The number of nitrogens with one attached hydrogen (secondary N) is 1. The van der Waals surface area contributed by atoms with Crippen molar-refractivity contribution in [2.75, 3.05) is 25.0 Å². The quantitative estimate of drug-likeness (QED) is 0.755. The zero-order valence-electron chi connectivity index (χ0n) is 14.8. The third-order valence-electron chi connectivity index (χ3n) is 4.18. The van der Waals surface area contributed by atoms with E-state index in [2.05, 4.69) is 5.32 Å². The fourth-order valence-corrected chi connectivity index (χ4v) is 2.81. The Kier molecular flexibility index (Phi) is 8.52. The van der Waals surface area contributed by atoms with E-state index >= 15 is 0 Å². The van der Waals surface area contributed by atoms with Crippen molar-refractivity contribution >= 4 is 29.9 Å². The van der Waals surface area contributed by atoms with Crippen molar-refractivity contribution in [2.24, 2.45) is 5.73 Å². The molecule has 0 aromatic heterocycles. The lowest BCUT2D eigenvalue weighted by Gasteiger charge is -2.24. The third kappa shape index (κ3) is 6.08. The predicted octanol–water partition coefficient (Wildman–Crippen LogP) is 2.42. The molecule has 0 bridgehead atoms. The molecule has 2 atom stereocenters. The molecular weight excluding hydrogens is 387 g/mol. The fourth-order valence-electron chi connectivity index (χ4n) is 2.81. The second-order valence-corrected chi connectivity index (χ2v) is 6.00. The van der Waals surface area contributed by atoms with Gasteiger partial charge in [0.2, 0.25) is 5.91 Å². The highest BCUT2D eigenvalue weighted by Gasteiger charge is 2.35. The second-order valence-electron chi connectivity index (χ2n) is 6.00. The van der Waals surface area contributed by atoms with Gasteiger partial charge in [-0.25, -0.2) is 0 Å². The maximum atomic E-state index is 13.0. The van der Waals surface area contributed by atoms with Gasteiger partial charge in [0.05, 0.1) is 23.9 Å². The van der Waals surface area contributed by atoms with Gasteiger partial charge in [0.15, 0.2) is 0 Å². The Labute approximate surface area is 161 Å². The summed E-state index contributed by atoms with van der Waals surface area (Å²) in [7, 11) is 0. The van der Waals surface area contributed by atoms with Gasteiger partial charge in [0.1, 0.15) is 6.10 Å². The summed E-state index contributed by atoms with van der Waals surface area (Å²) < 4.78 is 44.5. The summed E-state index contributed by atoms with van der Waals surface area (Å²) in [5.74, 6) is -1.06. The first kappa shape index (κ1) is 23.2. The molecule has 27 heavy (non-hydrogen) atoms. The highest BCUT2D eigenvalue weighted by molar-refractivity contribution is 5.95. The molecule has 3 N–H and O–H groups in total. The molecule has 1 aromatic carbocycles. The molecule has 0 unspecified atom stereocenters. The van der Waals surface area contributed by atoms with Crippen LogP contribution in [0.15, 0.2) is 24.3 Å². The molecule has 1 saturated heterocycles. The molecule has 1 aliphatic rings. The minimum atomic E-state index is -4.58. The van der Waals surface area contributed by atoms with E-state index in [0.717, 1.165) is 6.07 Å². The molecule has 0 radical (unpaired) electrons. The standard InChI is InChI=1S/C17H22F3N3O3.ClH/c1-2-23(16(25)14-8-7-11(9-21)26-14)10-15(24)22-13-6-4-3-5-12(13)17(18,19)20;/h3-6,11,14H,2,7-10,21H2,1H3,(H,22,24);1H/t11-,14+;/m1./s1. The molecule has 152 valence electrons. The minimum Gasteiger partial charge on any atom is -0.364 e. The highest BCUT2D eigenvalue weighted by atomic mass is 35.5. The van der Waals surface area contributed by atoms with E-state index in [4.69, 9.17) is 10.5 Å². The number of hydrogen-bond donors (Lipinski definition) is 2. The van der Waals surface area contributed by atoms with Crippen LogP contribution in [0.1, 0.15) is 25.3 Å². The SMILES string of the molecule is CCN(CC(=O)Nc1ccccc1C(F)(F)F)C(=O)[C@@H]1CC[C@H](CN)O1.Cl. The molecular formula is C17H23ClF3N3O3. The summed E-state index contributed by atoms with van der Waals surface area (Å²) in [5, 5.41) is 2.23. The Hall–Kier alpha value is -1.84. The maximum Gasteiger partial charge on any atom is 0.418 e. The van der Waals surface area contributed by atoms with Crippen LogP contribution in [0, 0.1) is 0 Å². The van der Waals surface area contributed by atoms with Gasteiger partial charge < -0.3 is 20.7 Å². The maximum absolute atomic E-state index is 13.0. The van der Waals surface area contributed by atoms with Crippen molar-refractivity contribution in [3.8, 4) is 0 Å². The third-order valence-corrected chi connectivity index (χ3v) is 4.18. The van der Waals surface area contributed by atoms with Gasteiger partial charge in [-0.05, 0) is 31.9 Å². The number of alkyl halides is 3. The van der Waals surface area contributed by atoms with Crippen molar-refractivity contribution in [1.29, 1.82) is 0 Å². The van der Waals surface area contributed by atoms with E-state index < -0.39 is 23.8 Å². The van der Waals surface area contributed by atoms with Crippen LogP contribution in [0.4, 0.5) is 18.9 Å². The van der Waals surface area contributed by atoms with E-state index in [9.17, 15) is 22.8 Å². The summed E-state index contributed by atoms with van der Waals surface area (Å²) >= 11 is 0. The monoisotopic (exact) mass is 409 g/mol. The molecule has 1 aliphatic heterocycles. The number of likely N-dealkylation sites (N-methyl/N-ethyl adjacent to an activating group) is 1. The van der Waals surface area contributed by atoms with Crippen LogP contribution >= 0.6 is 12.4 Å². The Morgan fingerprint density at radius 3 is 2.52 bits per heavy atom. The van der Waals surface area contributed by atoms with Gasteiger partial charge >= 0.3 is 6.18 Å². The zero-order valence-corrected chi connectivity index (χ0v) is 15.6. The first-order valence-electron chi connectivity index (χ1n) is 8.36. The number of halogens is 4. The van der Waals surface area contributed by atoms with Crippen molar-refractivity contribution in [1.82, 2.24) is 4.90 Å². The van der Waals surface area contributed by atoms with Crippen LogP contribution < -0.4 is 11.1 Å². The molecule has 0 aliphatic carbocycles. The van der Waals surface area contributed by atoms with Gasteiger partial charge in [-0.2, -0.15) is 13.2 Å². The molecule has 2 rings (SSSR count). The van der Waals surface area contributed by atoms with Crippen LogP contribution in [0.2, 0.25) is 0 Å². The van der Waals surface area contributed by atoms with E-state index in [1.54, 1.807) is 6.92 Å². The Morgan fingerprint density at radius 1 is 1.30 bits per heavy atom. The number of rotatable bonds is 6. The number of anilines is 1. The Bertz CT molecular complexity index is 658. The topological polar surface area (TPSA) is 84.7 Å². The Morgan fingerprint density at radius 2 is 1.96 bits per heavy atom.